The summed E-state index contributed by atoms with van der Waals surface area (Å²) in [5, 5.41) is 2.66. The van der Waals surface area contributed by atoms with Crippen molar-refractivity contribution in [3.05, 3.63) is 89.5 Å². The molecule has 0 heterocycles. The lowest BCUT2D eigenvalue weighted by molar-refractivity contribution is -0.144. The van der Waals surface area contributed by atoms with Crippen molar-refractivity contribution in [2.75, 3.05) is 16.6 Å². The summed E-state index contributed by atoms with van der Waals surface area (Å²) in [4.78, 5) is 24.1. The minimum absolute atomic E-state index is 0.0294. The lowest BCUT2D eigenvalue weighted by Gasteiger charge is -2.13. The van der Waals surface area contributed by atoms with E-state index in [1.54, 1.807) is 0 Å². The highest BCUT2D eigenvalue weighted by atomic mass is 32.2. The molecule has 0 aliphatic heterocycles. The van der Waals surface area contributed by atoms with Crippen molar-refractivity contribution >= 4 is 33.3 Å². The van der Waals surface area contributed by atoms with Crippen LogP contribution in [0.25, 0.3) is 0 Å². The predicted molar refractivity (Wildman–Crippen MR) is 132 cm³/mol. The Morgan fingerprint density at radius 3 is 2.12 bits per heavy atom. The highest BCUT2D eigenvalue weighted by Crippen LogP contribution is 2.24. The minimum Gasteiger partial charge on any atom is -0.465 e. The number of para-hydroxylation sites is 1. The molecule has 0 aromatic heterocycles. The fraction of sp³-hybridized carbons (Fsp3) is 0.231. The van der Waals surface area contributed by atoms with Crippen LogP contribution in [0.3, 0.4) is 0 Å². The molecule has 0 aliphatic rings. The Kier molecular flexibility index (Phi) is 8.43. The summed E-state index contributed by atoms with van der Waals surface area (Å²) in [6.07, 6.45) is 0.553. The van der Waals surface area contributed by atoms with E-state index in [-0.39, 0.29) is 30.3 Å². The van der Waals surface area contributed by atoms with Crippen molar-refractivity contribution in [3.63, 3.8) is 0 Å². The normalized spacial score (nSPS) is 11.0. The summed E-state index contributed by atoms with van der Waals surface area (Å²) in [5.74, 6) is -0.797. The van der Waals surface area contributed by atoms with Gasteiger partial charge in [-0.25, -0.2) is 8.42 Å². The number of carbonyl (C=O) groups is 2. The number of nitrogens with one attached hydrogen (secondary N) is 2. The number of hydrogen-bond acceptors (Lipinski definition) is 5. The maximum absolute atomic E-state index is 12.7. The third-order valence-electron chi connectivity index (χ3n) is 5.22. The molecule has 178 valence electrons. The minimum atomic E-state index is -3.78. The molecule has 0 saturated carbocycles. The maximum atomic E-state index is 12.7. The van der Waals surface area contributed by atoms with Crippen LogP contribution in [0.15, 0.2) is 77.7 Å². The molecule has 3 aromatic carbocycles. The van der Waals surface area contributed by atoms with E-state index >= 15 is 0 Å². The zero-order chi connectivity index (χ0) is 24.6. The number of carbonyl (C=O) groups excluding carboxylic acids is 2. The maximum Gasteiger partial charge on any atom is 0.306 e. The van der Waals surface area contributed by atoms with Crippen LogP contribution in [0.4, 0.5) is 11.4 Å². The van der Waals surface area contributed by atoms with Gasteiger partial charge in [-0.2, -0.15) is 0 Å². The molecule has 0 saturated heterocycles. The van der Waals surface area contributed by atoms with E-state index in [2.05, 4.69) is 10.0 Å². The van der Waals surface area contributed by atoms with Crippen molar-refractivity contribution < 1.29 is 22.7 Å². The monoisotopic (exact) mass is 480 g/mol. The molecule has 0 unspecified atom stereocenters. The van der Waals surface area contributed by atoms with Crippen molar-refractivity contribution in [2.45, 2.75) is 38.0 Å². The summed E-state index contributed by atoms with van der Waals surface area (Å²) < 4.78 is 33.3. The number of aryl methyl sites for hydroxylation is 2. The lowest BCUT2D eigenvalue weighted by Crippen LogP contribution is -2.16. The summed E-state index contributed by atoms with van der Waals surface area (Å²) in [7, 11) is -3.78. The third-order valence-corrected chi connectivity index (χ3v) is 6.58. The number of esters is 1. The first-order valence-electron chi connectivity index (χ1n) is 10.9. The molecule has 0 aliphatic carbocycles. The molecule has 0 fully saturated rings. The van der Waals surface area contributed by atoms with Crippen LogP contribution in [0.2, 0.25) is 0 Å². The Hall–Kier alpha value is -3.65. The molecule has 0 atom stereocenters. The van der Waals surface area contributed by atoms with Gasteiger partial charge in [0, 0.05) is 18.5 Å². The quantitative estimate of drug-likeness (QED) is 0.413. The number of sulfonamides is 1. The number of ether oxygens (including phenoxy) is 1. The molecular formula is C26H28N2O5S. The topological polar surface area (TPSA) is 102 Å². The second-order valence-electron chi connectivity index (χ2n) is 7.90. The van der Waals surface area contributed by atoms with Gasteiger partial charge >= 0.3 is 5.97 Å². The largest absolute Gasteiger partial charge is 0.465 e. The first kappa shape index (κ1) is 25.0. The van der Waals surface area contributed by atoms with Crippen LogP contribution >= 0.6 is 0 Å². The number of anilines is 2. The smallest absolute Gasteiger partial charge is 0.306 e. The molecule has 3 rings (SSSR count). The van der Waals surface area contributed by atoms with Gasteiger partial charge in [0.15, 0.2) is 0 Å². The van der Waals surface area contributed by atoms with E-state index in [0.717, 1.165) is 16.7 Å². The lowest BCUT2D eigenvalue weighted by atomic mass is 10.1. The Morgan fingerprint density at radius 2 is 1.47 bits per heavy atom. The van der Waals surface area contributed by atoms with E-state index in [1.165, 1.54) is 24.3 Å². The zero-order valence-electron chi connectivity index (χ0n) is 19.2. The van der Waals surface area contributed by atoms with E-state index in [1.807, 2.05) is 62.4 Å². The fourth-order valence-electron chi connectivity index (χ4n) is 3.32. The van der Waals surface area contributed by atoms with E-state index in [0.29, 0.717) is 17.8 Å². The predicted octanol–water partition coefficient (Wildman–Crippen LogP) is 4.61. The van der Waals surface area contributed by atoms with Gasteiger partial charge in [0.2, 0.25) is 5.91 Å². The number of rotatable bonds is 10. The molecule has 1 amide bonds. The molecule has 0 radical (unpaired) electrons. The first-order valence-corrected chi connectivity index (χ1v) is 12.4. The molecule has 2 N–H and O–H groups in total. The van der Waals surface area contributed by atoms with E-state index < -0.39 is 16.0 Å². The van der Waals surface area contributed by atoms with Gasteiger partial charge in [-0.15, -0.1) is 0 Å². The number of benzene rings is 3. The summed E-state index contributed by atoms with van der Waals surface area (Å²) in [6, 6.07) is 21.1. The Labute approximate surface area is 200 Å². The van der Waals surface area contributed by atoms with Crippen LogP contribution in [-0.4, -0.2) is 26.9 Å². The molecule has 0 spiro atoms. The van der Waals surface area contributed by atoms with Crippen LogP contribution in [0.5, 0.6) is 0 Å². The van der Waals surface area contributed by atoms with Gasteiger partial charge in [0.1, 0.15) is 0 Å². The van der Waals surface area contributed by atoms with Crippen molar-refractivity contribution in [1.29, 1.82) is 0 Å². The molecule has 34 heavy (non-hydrogen) atoms. The van der Waals surface area contributed by atoms with Gasteiger partial charge in [-0.3, -0.25) is 14.3 Å². The highest BCUT2D eigenvalue weighted by molar-refractivity contribution is 7.92. The van der Waals surface area contributed by atoms with Crippen LogP contribution in [-0.2, 0) is 30.8 Å². The van der Waals surface area contributed by atoms with Crippen LogP contribution in [0.1, 0.15) is 29.5 Å². The highest BCUT2D eigenvalue weighted by Gasteiger charge is 2.17. The van der Waals surface area contributed by atoms with Gasteiger partial charge in [-0.05, 0) is 54.8 Å². The standard InChI is InChI=1S/C26H28N2O5S/c1-19-7-6-8-20(2)26(19)28-34(31,32)23-13-11-22(12-14-23)27-24(29)15-16-25(30)33-18-17-21-9-4-3-5-10-21/h3-14,28H,15-18H2,1-2H3,(H,27,29). The van der Waals surface area contributed by atoms with E-state index in [9.17, 15) is 18.0 Å². The number of hydrogen-bond donors (Lipinski definition) is 2. The van der Waals surface area contributed by atoms with Gasteiger partial charge < -0.3 is 10.1 Å². The summed E-state index contributed by atoms with van der Waals surface area (Å²) >= 11 is 0. The van der Waals surface area contributed by atoms with Gasteiger partial charge in [-0.1, -0.05) is 48.5 Å². The first-order chi connectivity index (χ1) is 16.2. The zero-order valence-corrected chi connectivity index (χ0v) is 20.0. The Morgan fingerprint density at radius 1 is 0.824 bits per heavy atom. The average Bonchev–Trinajstić information content (AvgIpc) is 2.81. The second-order valence-corrected chi connectivity index (χ2v) is 9.58. The number of amides is 1. The summed E-state index contributed by atoms with van der Waals surface area (Å²) in [6.45, 7) is 3.93. The molecular weight excluding hydrogens is 452 g/mol. The SMILES string of the molecule is Cc1cccc(C)c1NS(=O)(=O)c1ccc(NC(=O)CCC(=O)OCCc2ccccc2)cc1. The Bertz CT molecular complexity index is 1220. The molecule has 7 nitrogen and oxygen atoms in total. The van der Waals surface area contributed by atoms with Crippen molar-refractivity contribution in [3.8, 4) is 0 Å². The van der Waals surface area contributed by atoms with Crippen LogP contribution < -0.4 is 10.0 Å². The third kappa shape index (κ3) is 7.18. The second kappa shape index (κ2) is 11.5. The Balaban J connectivity index is 1.47. The van der Waals surface area contributed by atoms with E-state index in [4.69, 9.17) is 4.74 Å². The van der Waals surface area contributed by atoms with Crippen molar-refractivity contribution in [2.24, 2.45) is 0 Å². The molecule has 3 aromatic rings. The van der Waals surface area contributed by atoms with Crippen LogP contribution in [0, 0.1) is 13.8 Å². The average molecular weight is 481 g/mol. The van der Waals surface area contributed by atoms with Gasteiger partial charge in [0.05, 0.1) is 23.6 Å². The molecule has 0 bridgehead atoms. The fourth-order valence-corrected chi connectivity index (χ4v) is 4.53. The molecule has 8 heteroatoms. The summed E-state index contributed by atoms with van der Waals surface area (Å²) in [5.41, 5.74) is 3.71. The van der Waals surface area contributed by atoms with Crippen molar-refractivity contribution in [1.82, 2.24) is 0 Å². The van der Waals surface area contributed by atoms with Gasteiger partial charge in [0.25, 0.3) is 10.0 Å².